The average molecular weight is 372 g/mol. The molecule has 0 unspecified atom stereocenters. The van der Waals surface area contributed by atoms with E-state index < -0.39 is 5.92 Å². The van der Waals surface area contributed by atoms with E-state index in [0.717, 1.165) is 15.7 Å². The van der Waals surface area contributed by atoms with E-state index in [9.17, 15) is 10.1 Å². The van der Waals surface area contributed by atoms with Gasteiger partial charge in [0.25, 0.3) is 5.56 Å². The first-order valence-corrected chi connectivity index (χ1v) is 7.77. The van der Waals surface area contributed by atoms with Gasteiger partial charge in [-0.05, 0) is 24.6 Å². The molecule has 1 aliphatic heterocycles. The zero-order chi connectivity index (χ0) is 16.7. The van der Waals surface area contributed by atoms with Gasteiger partial charge in [0.15, 0.2) is 0 Å². The molecule has 0 fully saturated rings. The Bertz CT molecular complexity index is 921. The Hall–Kier alpha value is -2.52. The maximum atomic E-state index is 12.8. The lowest BCUT2D eigenvalue weighted by molar-refractivity contribution is 0.389. The van der Waals surface area contributed by atoms with E-state index in [1.165, 1.54) is 0 Å². The summed E-state index contributed by atoms with van der Waals surface area (Å²) >= 11 is 3.39. The number of aryl methyl sites for hydroxylation is 1. The van der Waals surface area contributed by atoms with Crippen LogP contribution in [0.25, 0.3) is 0 Å². The number of aromatic nitrogens is 1. The summed E-state index contributed by atoms with van der Waals surface area (Å²) in [4.78, 5) is 12.8. The molecule has 6 heteroatoms. The summed E-state index contributed by atoms with van der Waals surface area (Å²) in [5, 5.41) is 9.50. The number of hydrogen-bond acceptors (Lipinski definition) is 4. The molecule has 0 aliphatic carbocycles. The van der Waals surface area contributed by atoms with Gasteiger partial charge in [0.2, 0.25) is 5.88 Å². The Morgan fingerprint density at radius 1 is 1.35 bits per heavy atom. The first-order valence-electron chi connectivity index (χ1n) is 6.97. The van der Waals surface area contributed by atoms with Crippen molar-refractivity contribution in [1.82, 2.24) is 4.57 Å². The van der Waals surface area contributed by atoms with E-state index in [4.69, 9.17) is 10.5 Å². The van der Waals surface area contributed by atoms with Gasteiger partial charge < -0.3 is 15.0 Å². The number of ether oxygens (including phenoxy) is 1. The first-order chi connectivity index (χ1) is 10.9. The zero-order valence-electron chi connectivity index (χ0n) is 12.6. The van der Waals surface area contributed by atoms with Crippen molar-refractivity contribution < 1.29 is 4.74 Å². The van der Waals surface area contributed by atoms with Crippen LogP contribution in [-0.2, 0) is 7.05 Å². The summed E-state index contributed by atoms with van der Waals surface area (Å²) in [6, 6.07) is 11.3. The number of hydrogen-bond donors (Lipinski definition) is 1. The second kappa shape index (κ2) is 5.60. The molecular weight excluding hydrogens is 358 g/mol. The number of nitrogens with zero attached hydrogens (tertiary/aromatic N) is 2. The van der Waals surface area contributed by atoms with Crippen LogP contribution in [-0.4, -0.2) is 4.57 Å². The van der Waals surface area contributed by atoms with E-state index in [0.29, 0.717) is 11.3 Å². The topological polar surface area (TPSA) is 81.0 Å². The molecule has 2 aromatic rings. The van der Waals surface area contributed by atoms with Gasteiger partial charge in [-0.3, -0.25) is 4.79 Å². The minimum absolute atomic E-state index is 0.0422. The molecule has 2 N–H and O–H groups in total. The monoisotopic (exact) mass is 371 g/mol. The molecule has 116 valence electrons. The van der Waals surface area contributed by atoms with Crippen LogP contribution in [0, 0.1) is 18.3 Å². The van der Waals surface area contributed by atoms with Gasteiger partial charge in [-0.1, -0.05) is 28.1 Å². The highest BCUT2D eigenvalue weighted by molar-refractivity contribution is 9.10. The third-order valence-corrected chi connectivity index (χ3v) is 4.58. The molecule has 0 spiro atoms. The fraction of sp³-hybridized carbons (Fsp3) is 0.176. The van der Waals surface area contributed by atoms with Gasteiger partial charge in [0, 0.05) is 23.3 Å². The van der Waals surface area contributed by atoms with E-state index in [1.807, 2.05) is 31.2 Å². The number of fused-ring (bicyclic) bond motifs is 1. The second-order valence-electron chi connectivity index (χ2n) is 5.40. The minimum atomic E-state index is -0.531. The van der Waals surface area contributed by atoms with Crippen LogP contribution in [0.3, 0.4) is 0 Å². The zero-order valence-corrected chi connectivity index (χ0v) is 14.2. The Labute approximate surface area is 141 Å². The highest BCUT2D eigenvalue weighted by Gasteiger charge is 2.33. The standard InChI is InChI=1S/C17H14BrN3O2/c1-9-7-13-15(17(22)21(9)2)14(12(8-19)16(20)23-13)10-3-5-11(18)6-4-10/h3-7,14H,20H2,1-2H3/t14-/m0/s1. The second-order valence-corrected chi connectivity index (χ2v) is 6.32. The molecule has 0 amide bonds. The summed E-state index contributed by atoms with van der Waals surface area (Å²) in [6.07, 6.45) is 0. The molecule has 0 radical (unpaired) electrons. The number of rotatable bonds is 1. The highest BCUT2D eigenvalue weighted by Crippen LogP contribution is 2.40. The van der Waals surface area contributed by atoms with Gasteiger partial charge in [0.05, 0.1) is 11.5 Å². The summed E-state index contributed by atoms with van der Waals surface area (Å²) in [7, 11) is 1.70. The van der Waals surface area contributed by atoms with Crippen LogP contribution in [0.5, 0.6) is 5.75 Å². The summed E-state index contributed by atoms with van der Waals surface area (Å²) < 4.78 is 8.00. The summed E-state index contributed by atoms with van der Waals surface area (Å²) in [5.41, 5.74) is 8.00. The Morgan fingerprint density at radius 2 is 2.00 bits per heavy atom. The minimum Gasteiger partial charge on any atom is -0.440 e. The maximum Gasteiger partial charge on any atom is 0.258 e. The summed E-state index contributed by atoms with van der Waals surface area (Å²) in [6.45, 7) is 1.82. The molecule has 3 rings (SSSR count). The predicted octanol–water partition coefficient (Wildman–Crippen LogP) is 2.67. The van der Waals surface area contributed by atoms with Gasteiger partial charge >= 0.3 is 0 Å². The van der Waals surface area contributed by atoms with Crippen LogP contribution in [0.1, 0.15) is 22.7 Å². The number of allylic oxidation sites excluding steroid dienone is 1. The first kappa shape index (κ1) is 15.4. The van der Waals surface area contributed by atoms with Gasteiger partial charge in [0.1, 0.15) is 17.4 Å². The van der Waals surface area contributed by atoms with E-state index in [1.54, 1.807) is 17.7 Å². The van der Waals surface area contributed by atoms with Crippen molar-refractivity contribution in [3.8, 4) is 11.8 Å². The molecular formula is C17H14BrN3O2. The van der Waals surface area contributed by atoms with E-state index in [2.05, 4.69) is 22.0 Å². The number of benzene rings is 1. The van der Waals surface area contributed by atoms with Crippen molar-refractivity contribution in [1.29, 1.82) is 5.26 Å². The van der Waals surface area contributed by atoms with Gasteiger partial charge in [-0.25, -0.2) is 0 Å². The number of nitrogens with two attached hydrogens (primary N) is 1. The Kier molecular flexibility index (Phi) is 3.74. The molecule has 2 heterocycles. The highest BCUT2D eigenvalue weighted by atomic mass is 79.9. The van der Waals surface area contributed by atoms with Crippen LogP contribution >= 0.6 is 15.9 Å². The van der Waals surface area contributed by atoms with Crippen molar-refractivity contribution in [2.75, 3.05) is 0 Å². The molecule has 1 aromatic carbocycles. The quantitative estimate of drug-likeness (QED) is 0.835. The lowest BCUT2D eigenvalue weighted by Crippen LogP contribution is -2.31. The third kappa shape index (κ3) is 2.43. The lowest BCUT2D eigenvalue weighted by Gasteiger charge is -2.26. The Balaban J connectivity index is 2.33. The van der Waals surface area contributed by atoms with Crippen LogP contribution in [0.2, 0.25) is 0 Å². The normalized spacial score (nSPS) is 16.5. The van der Waals surface area contributed by atoms with Crippen molar-refractivity contribution >= 4 is 15.9 Å². The molecule has 23 heavy (non-hydrogen) atoms. The molecule has 5 nitrogen and oxygen atoms in total. The van der Waals surface area contributed by atoms with Crippen LogP contribution in [0.15, 0.2) is 51.1 Å². The summed E-state index contributed by atoms with van der Waals surface area (Å²) in [5.74, 6) is -0.0771. The molecule has 1 aliphatic rings. The van der Waals surface area contributed by atoms with Crippen molar-refractivity contribution in [2.45, 2.75) is 12.8 Å². The van der Waals surface area contributed by atoms with Crippen molar-refractivity contribution in [3.05, 3.63) is 73.4 Å². The molecule has 1 atom stereocenters. The third-order valence-electron chi connectivity index (χ3n) is 4.06. The molecule has 1 aromatic heterocycles. The fourth-order valence-corrected chi connectivity index (χ4v) is 2.99. The predicted molar refractivity (Wildman–Crippen MR) is 89.9 cm³/mol. The smallest absolute Gasteiger partial charge is 0.258 e. The number of nitriles is 1. The number of halogens is 1. The lowest BCUT2D eigenvalue weighted by atomic mass is 9.84. The van der Waals surface area contributed by atoms with Gasteiger partial charge in [-0.2, -0.15) is 5.26 Å². The molecule has 0 bridgehead atoms. The van der Waals surface area contributed by atoms with E-state index in [-0.39, 0.29) is 17.0 Å². The van der Waals surface area contributed by atoms with Crippen LogP contribution < -0.4 is 16.0 Å². The van der Waals surface area contributed by atoms with E-state index >= 15 is 0 Å². The van der Waals surface area contributed by atoms with Crippen molar-refractivity contribution in [3.63, 3.8) is 0 Å². The largest absolute Gasteiger partial charge is 0.440 e. The molecule has 0 saturated carbocycles. The van der Waals surface area contributed by atoms with Crippen molar-refractivity contribution in [2.24, 2.45) is 12.8 Å². The molecule has 0 saturated heterocycles. The fourth-order valence-electron chi connectivity index (χ4n) is 2.73. The average Bonchev–Trinajstić information content (AvgIpc) is 2.52. The Morgan fingerprint density at radius 3 is 2.61 bits per heavy atom. The SMILES string of the molecule is Cc1cc2c(c(=O)n1C)[C@@H](c1ccc(Br)cc1)C(C#N)=C(N)O2. The van der Waals surface area contributed by atoms with Crippen LogP contribution in [0.4, 0.5) is 0 Å². The van der Waals surface area contributed by atoms with Gasteiger partial charge in [-0.15, -0.1) is 0 Å². The number of pyridine rings is 1. The maximum absolute atomic E-state index is 12.8.